The van der Waals surface area contributed by atoms with E-state index in [2.05, 4.69) is 52.4 Å². The van der Waals surface area contributed by atoms with Crippen molar-refractivity contribution in [1.82, 2.24) is 9.97 Å². The molecule has 0 radical (unpaired) electrons. The van der Waals surface area contributed by atoms with Crippen molar-refractivity contribution in [2.45, 2.75) is 38.0 Å². The second-order valence-electron chi connectivity index (χ2n) is 9.79. The van der Waals surface area contributed by atoms with Crippen LogP contribution in [0.1, 0.15) is 5.56 Å². The number of ether oxygens (including phenoxy) is 6. The molecule has 0 unspecified atom stereocenters. The molecule has 0 amide bonds. The lowest BCUT2D eigenvalue weighted by molar-refractivity contribution is -0.0174. The van der Waals surface area contributed by atoms with E-state index in [1.54, 1.807) is 11.8 Å². The molecule has 0 bridgehead atoms. The van der Waals surface area contributed by atoms with Crippen LogP contribution in [0.5, 0.6) is 0 Å². The summed E-state index contributed by atoms with van der Waals surface area (Å²) in [5, 5.41) is 6.22. The molecule has 16 heteroatoms. The van der Waals surface area contributed by atoms with Crippen molar-refractivity contribution in [3.8, 4) is 0 Å². The minimum atomic E-state index is -1.77. The third kappa shape index (κ3) is 21.9. The lowest BCUT2D eigenvalue weighted by Crippen LogP contribution is -2.48. The Hall–Kier alpha value is -0.756. The van der Waals surface area contributed by atoms with E-state index in [4.69, 9.17) is 38.1 Å². The van der Waals surface area contributed by atoms with Gasteiger partial charge in [-0.2, -0.15) is 11.8 Å². The van der Waals surface area contributed by atoms with Crippen LogP contribution in [0.25, 0.3) is 10.4 Å². The minimum Gasteiger partial charge on any atom is -0.454 e. The first-order valence-electron chi connectivity index (χ1n) is 13.4. The lowest BCUT2D eigenvalue weighted by Gasteiger charge is -2.33. The van der Waals surface area contributed by atoms with E-state index >= 15 is 0 Å². The summed E-state index contributed by atoms with van der Waals surface area (Å²) in [4.78, 5) is 11.6. The predicted molar refractivity (Wildman–Crippen MR) is 165 cm³/mol. The van der Waals surface area contributed by atoms with Gasteiger partial charge in [0.2, 0.25) is 0 Å². The van der Waals surface area contributed by atoms with Gasteiger partial charge in [-0.15, -0.1) is 0 Å². The van der Waals surface area contributed by atoms with Crippen LogP contribution >= 0.6 is 23.5 Å². The number of thioether (sulfide) groups is 2. The maximum absolute atomic E-state index is 8.14. The number of hydrogen-bond acceptors (Lipinski definition) is 12. The monoisotopic (exact) mass is 637 g/mol. The van der Waals surface area contributed by atoms with Gasteiger partial charge in [0.05, 0.1) is 79.3 Å². The summed E-state index contributed by atoms with van der Waals surface area (Å²) in [6, 6.07) is 0. The molecule has 0 saturated heterocycles. The highest BCUT2D eigenvalue weighted by Gasteiger charge is 2.33. The molecule has 0 N–H and O–H groups in total. The van der Waals surface area contributed by atoms with Crippen molar-refractivity contribution >= 4 is 40.2 Å². The Morgan fingerprint density at radius 3 is 1.65 bits per heavy atom. The summed E-state index contributed by atoms with van der Waals surface area (Å²) < 4.78 is 39.3. The summed E-state index contributed by atoms with van der Waals surface area (Å²) in [6.45, 7) is 15.2. The first-order valence-corrected chi connectivity index (χ1v) is 22.0. The fourth-order valence-corrected chi connectivity index (χ4v) is 15.8. The summed E-state index contributed by atoms with van der Waals surface area (Å²) in [6.07, 6.45) is 5.79. The molecule has 40 heavy (non-hydrogen) atoms. The van der Waals surface area contributed by atoms with Crippen molar-refractivity contribution in [2.75, 3.05) is 96.2 Å². The number of rotatable bonds is 27. The second kappa shape index (κ2) is 23.8. The van der Waals surface area contributed by atoms with E-state index in [-0.39, 0.29) is 0 Å². The molecule has 0 aromatic carbocycles. The van der Waals surface area contributed by atoms with Gasteiger partial charge in [-0.25, -0.2) is 9.97 Å². The van der Waals surface area contributed by atoms with Crippen molar-refractivity contribution in [3.05, 3.63) is 28.4 Å². The zero-order valence-corrected chi connectivity index (χ0v) is 28.3. The van der Waals surface area contributed by atoms with Crippen molar-refractivity contribution in [2.24, 2.45) is 5.11 Å². The summed E-state index contributed by atoms with van der Waals surface area (Å²) in [7, 11) is -3.39. The van der Waals surface area contributed by atoms with Crippen molar-refractivity contribution in [3.63, 3.8) is 0 Å². The second-order valence-corrected chi connectivity index (χ2v) is 21.2. The molecule has 230 valence electrons. The molecule has 0 spiro atoms. The Bertz CT molecular complexity index is 810. The molecular weight excluding hydrogens is 591 g/mol. The number of azide groups is 1. The topological polar surface area (TPSA) is 139 Å². The molecule has 1 heterocycles. The van der Waals surface area contributed by atoms with Crippen LogP contribution in [0.4, 0.5) is 0 Å². The molecule has 12 nitrogen and oxygen atoms in total. The first kappa shape index (κ1) is 37.3. The van der Waals surface area contributed by atoms with Crippen molar-refractivity contribution < 1.29 is 32.5 Å². The fourth-order valence-electron chi connectivity index (χ4n) is 3.32. The van der Waals surface area contributed by atoms with Crippen LogP contribution in [0.2, 0.25) is 26.2 Å². The molecule has 0 atom stereocenters. The predicted octanol–water partition coefficient (Wildman–Crippen LogP) is 4.35. The molecule has 0 saturated carbocycles. The van der Waals surface area contributed by atoms with E-state index in [1.165, 1.54) is 0 Å². The lowest BCUT2D eigenvalue weighted by atomic mass is 10.4. The smallest absolute Gasteiger partial charge is 0.187 e. The normalized spacial score (nSPS) is 12.0. The third-order valence-electron chi connectivity index (χ3n) is 4.80. The van der Waals surface area contributed by atoms with Crippen LogP contribution in [0, 0.1) is 0 Å². The Morgan fingerprint density at radius 1 is 0.725 bits per heavy atom. The highest BCUT2D eigenvalue weighted by Crippen LogP contribution is 2.24. The third-order valence-corrected chi connectivity index (χ3v) is 17.0. The van der Waals surface area contributed by atoms with Gasteiger partial charge in [-0.3, -0.25) is 0 Å². The molecular formula is C24H47N5O7S2Si2. The quantitative estimate of drug-likeness (QED) is 0.0259. The van der Waals surface area contributed by atoms with Crippen molar-refractivity contribution in [1.29, 1.82) is 0 Å². The Kier molecular flexibility index (Phi) is 22.1. The molecule has 1 aromatic rings. The standard InChI is InChI=1S/C24H47N5O7S2Si2/c1-37-21-39(2,3)36-40(4,5)22-38-24-26-18-23(19-27-24)20-35-17-16-34-15-14-33-13-12-32-11-10-31-9-8-30-7-6-28-29-25/h18-19H,6-17,20-22H2,1-5H3. The largest absolute Gasteiger partial charge is 0.454 e. The van der Waals surface area contributed by atoms with Gasteiger partial charge in [0, 0.05) is 40.2 Å². The Labute approximate surface area is 249 Å². The molecule has 0 aliphatic heterocycles. The van der Waals surface area contributed by atoms with Gasteiger partial charge in [-0.05, 0) is 38.0 Å². The van der Waals surface area contributed by atoms with Gasteiger partial charge >= 0.3 is 0 Å². The summed E-state index contributed by atoms with van der Waals surface area (Å²) in [5.41, 5.74) is 9.08. The van der Waals surface area contributed by atoms with Crippen LogP contribution in [0.3, 0.4) is 0 Å². The molecule has 0 aliphatic rings. The Morgan fingerprint density at radius 2 is 1.18 bits per heavy atom. The molecule has 1 rings (SSSR count). The minimum absolute atomic E-state index is 0.332. The van der Waals surface area contributed by atoms with Gasteiger partial charge in [0.15, 0.2) is 21.8 Å². The van der Waals surface area contributed by atoms with E-state index in [1.807, 2.05) is 24.2 Å². The number of aromatic nitrogens is 2. The number of nitrogens with zero attached hydrogens (tertiary/aromatic N) is 5. The van der Waals surface area contributed by atoms with Gasteiger partial charge in [-0.1, -0.05) is 16.9 Å². The van der Waals surface area contributed by atoms with Crippen LogP contribution in [0.15, 0.2) is 22.7 Å². The summed E-state index contributed by atoms with van der Waals surface area (Å²) >= 11 is 3.55. The molecule has 0 fully saturated rings. The van der Waals surface area contributed by atoms with Crippen LogP contribution in [-0.2, 0) is 39.1 Å². The maximum Gasteiger partial charge on any atom is 0.187 e. The maximum atomic E-state index is 8.14. The SMILES string of the molecule is CSC[Si](C)(C)O[Si](C)(C)CSc1ncc(COCCOCCOCCOCCOCCOCCN=[N+]=[N-])cn1. The van der Waals surface area contributed by atoms with E-state index < -0.39 is 16.6 Å². The molecule has 0 aliphatic carbocycles. The fraction of sp³-hybridized carbons (Fsp3) is 0.833. The van der Waals surface area contributed by atoms with Gasteiger partial charge in [0.25, 0.3) is 0 Å². The van der Waals surface area contributed by atoms with Crippen LogP contribution in [-0.4, -0.2) is 123 Å². The van der Waals surface area contributed by atoms with Gasteiger partial charge in [0.1, 0.15) is 0 Å². The average molecular weight is 638 g/mol. The zero-order chi connectivity index (χ0) is 29.4. The first-order chi connectivity index (χ1) is 19.3. The Balaban J connectivity index is 1.94. The van der Waals surface area contributed by atoms with E-state index in [0.717, 1.165) is 21.5 Å². The average Bonchev–Trinajstić information content (AvgIpc) is 2.91. The number of hydrogen-bond donors (Lipinski definition) is 0. The van der Waals surface area contributed by atoms with E-state index in [0.29, 0.717) is 85.8 Å². The van der Waals surface area contributed by atoms with E-state index in [9.17, 15) is 0 Å². The summed E-state index contributed by atoms with van der Waals surface area (Å²) in [5.74, 6) is 0. The highest BCUT2D eigenvalue weighted by molar-refractivity contribution is 8.01. The van der Waals surface area contributed by atoms with Crippen LogP contribution < -0.4 is 0 Å². The highest BCUT2D eigenvalue weighted by atomic mass is 32.2. The molecule has 1 aromatic heterocycles. The van der Waals surface area contributed by atoms with Gasteiger partial charge < -0.3 is 32.5 Å². The zero-order valence-electron chi connectivity index (χ0n) is 24.7.